The van der Waals surface area contributed by atoms with Crippen LogP contribution in [-0.2, 0) is 12.6 Å². The second kappa shape index (κ2) is 8.77. The molecule has 7 nitrogen and oxygen atoms in total. The molecular weight excluding hydrogens is 433 g/mol. The van der Waals surface area contributed by atoms with Crippen molar-refractivity contribution in [3.05, 3.63) is 58.5 Å². The zero-order valence-corrected chi connectivity index (χ0v) is 17.0. The summed E-state index contributed by atoms with van der Waals surface area (Å²) in [6, 6.07) is 2.80. The lowest BCUT2D eigenvalue weighted by atomic mass is 9.91. The van der Waals surface area contributed by atoms with Gasteiger partial charge >= 0.3 is 6.18 Å². The van der Waals surface area contributed by atoms with Crippen molar-refractivity contribution in [1.29, 1.82) is 0 Å². The van der Waals surface area contributed by atoms with Gasteiger partial charge in [0.1, 0.15) is 12.2 Å². The summed E-state index contributed by atoms with van der Waals surface area (Å²) in [5.74, 6) is 0.0133. The van der Waals surface area contributed by atoms with Crippen molar-refractivity contribution < 1.29 is 28.1 Å². The minimum atomic E-state index is -4.57. The monoisotopic (exact) mass is 452 g/mol. The highest BCUT2D eigenvalue weighted by Gasteiger charge is 2.33. The van der Waals surface area contributed by atoms with Crippen molar-refractivity contribution in [3.63, 3.8) is 0 Å². The summed E-state index contributed by atoms with van der Waals surface area (Å²) in [6.07, 6.45) is 0.249. The SMILES string of the molecule is OCC(O)c1csc(Nc2ncc(C(F)(F)F)cc2OC2CCCc3ccncc32)n1. The highest BCUT2D eigenvalue weighted by atomic mass is 32.1. The van der Waals surface area contributed by atoms with Crippen LogP contribution in [0.2, 0.25) is 0 Å². The largest absolute Gasteiger partial charge is 0.482 e. The molecule has 11 heteroatoms. The van der Waals surface area contributed by atoms with E-state index in [4.69, 9.17) is 9.84 Å². The molecule has 4 rings (SSSR count). The summed E-state index contributed by atoms with van der Waals surface area (Å²) in [7, 11) is 0. The van der Waals surface area contributed by atoms with Gasteiger partial charge in [-0.05, 0) is 37.0 Å². The molecule has 1 aliphatic carbocycles. The quantitative estimate of drug-likeness (QED) is 0.516. The summed E-state index contributed by atoms with van der Waals surface area (Å²) in [6.45, 7) is -0.495. The van der Waals surface area contributed by atoms with E-state index in [1.807, 2.05) is 6.07 Å². The van der Waals surface area contributed by atoms with Crippen LogP contribution >= 0.6 is 11.3 Å². The maximum absolute atomic E-state index is 13.3. The van der Waals surface area contributed by atoms with E-state index in [9.17, 15) is 18.3 Å². The van der Waals surface area contributed by atoms with Gasteiger partial charge in [0.05, 0.1) is 17.9 Å². The molecule has 3 N–H and O–H groups in total. The van der Waals surface area contributed by atoms with E-state index in [1.54, 1.807) is 12.4 Å². The Kier molecular flexibility index (Phi) is 6.08. The van der Waals surface area contributed by atoms with Gasteiger partial charge < -0.3 is 20.3 Å². The maximum atomic E-state index is 13.3. The molecule has 0 bridgehead atoms. The molecular formula is C20H19F3N4O3S. The van der Waals surface area contributed by atoms with Crippen LogP contribution in [0, 0.1) is 0 Å². The van der Waals surface area contributed by atoms with Gasteiger partial charge in [-0.1, -0.05) is 0 Å². The van der Waals surface area contributed by atoms with Crippen molar-refractivity contribution in [1.82, 2.24) is 15.0 Å². The first-order valence-electron chi connectivity index (χ1n) is 9.53. The third-order valence-electron chi connectivity index (χ3n) is 4.92. The number of thiazole rings is 1. The van der Waals surface area contributed by atoms with E-state index >= 15 is 0 Å². The van der Waals surface area contributed by atoms with Crippen LogP contribution in [0.1, 0.15) is 47.4 Å². The highest BCUT2D eigenvalue weighted by Crippen LogP contribution is 2.39. The molecule has 0 aromatic carbocycles. The zero-order chi connectivity index (χ0) is 22.0. The molecule has 1 aliphatic rings. The first-order chi connectivity index (χ1) is 14.8. The fraction of sp³-hybridized carbons (Fsp3) is 0.350. The Morgan fingerprint density at radius 1 is 1.32 bits per heavy atom. The second-order valence-corrected chi connectivity index (χ2v) is 7.90. The summed E-state index contributed by atoms with van der Waals surface area (Å²) in [5.41, 5.74) is 1.23. The number of hydrogen-bond acceptors (Lipinski definition) is 8. The van der Waals surface area contributed by atoms with Crippen LogP contribution in [0.4, 0.5) is 24.1 Å². The van der Waals surface area contributed by atoms with Crippen molar-refractivity contribution in [2.24, 2.45) is 0 Å². The van der Waals surface area contributed by atoms with Crippen molar-refractivity contribution >= 4 is 22.3 Å². The van der Waals surface area contributed by atoms with Gasteiger partial charge in [0.2, 0.25) is 0 Å². The Bertz CT molecular complexity index is 1060. The lowest BCUT2D eigenvalue weighted by Gasteiger charge is -2.26. The number of aliphatic hydroxyl groups excluding tert-OH is 2. The molecule has 0 aliphatic heterocycles. The molecule has 31 heavy (non-hydrogen) atoms. The predicted molar refractivity (Wildman–Crippen MR) is 107 cm³/mol. The lowest BCUT2D eigenvalue weighted by molar-refractivity contribution is -0.138. The topological polar surface area (TPSA) is 100 Å². The molecule has 0 saturated heterocycles. The average molecular weight is 452 g/mol. The van der Waals surface area contributed by atoms with Crippen molar-refractivity contribution in [2.45, 2.75) is 37.6 Å². The molecule has 3 heterocycles. The average Bonchev–Trinajstić information content (AvgIpc) is 3.22. The molecule has 0 fully saturated rings. The fourth-order valence-corrected chi connectivity index (χ4v) is 4.09. The number of pyridine rings is 2. The molecule has 0 amide bonds. The number of ether oxygens (including phenoxy) is 1. The number of nitrogens with zero attached hydrogens (tertiary/aromatic N) is 3. The van der Waals surface area contributed by atoms with Crippen molar-refractivity contribution in [2.75, 3.05) is 11.9 Å². The van der Waals surface area contributed by atoms with E-state index < -0.39 is 30.6 Å². The Balaban J connectivity index is 1.66. The third kappa shape index (κ3) is 4.78. The summed E-state index contributed by atoms with van der Waals surface area (Å²) in [5, 5.41) is 23.4. The van der Waals surface area contributed by atoms with Gasteiger partial charge in [0, 0.05) is 29.5 Å². The Morgan fingerprint density at radius 3 is 2.94 bits per heavy atom. The second-order valence-electron chi connectivity index (χ2n) is 7.04. The summed E-state index contributed by atoms with van der Waals surface area (Å²) >= 11 is 1.12. The number of nitrogens with one attached hydrogen (secondary N) is 1. The summed E-state index contributed by atoms with van der Waals surface area (Å²) in [4.78, 5) is 12.2. The van der Waals surface area contributed by atoms with Crippen LogP contribution < -0.4 is 10.1 Å². The molecule has 2 unspecified atom stereocenters. The number of fused-ring (bicyclic) bond motifs is 1. The van der Waals surface area contributed by atoms with Crippen LogP contribution in [0.25, 0.3) is 0 Å². The van der Waals surface area contributed by atoms with Crippen LogP contribution in [0.15, 0.2) is 36.1 Å². The maximum Gasteiger partial charge on any atom is 0.418 e. The van der Waals surface area contributed by atoms with Gasteiger partial charge in [-0.2, -0.15) is 13.2 Å². The van der Waals surface area contributed by atoms with E-state index in [0.717, 1.165) is 47.6 Å². The van der Waals surface area contributed by atoms with Crippen LogP contribution in [-0.4, -0.2) is 31.8 Å². The first-order valence-corrected chi connectivity index (χ1v) is 10.4. The number of aliphatic hydroxyl groups is 2. The Morgan fingerprint density at radius 2 is 2.16 bits per heavy atom. The van der Waals surface area contributed by atoms with Crippen molar-refractivity contribution in [3.8, 4) is 5.75 Å². The number of aryl methyl sites for hydroxylation is 1. The number of halogens is 3. The van der Waals surface area contributed by atoms with E-state index in [0.29, 0.717) is 11.6 Å². The number of alkyl halides is 3. The number of rotatable bonds is 6. The minimum Gasteiger partial charge on any atom is -0.482 e. The number of aromatic nitrogens is 3. The molecule has 164 valence electrons. The smallest absolute Gasteiger partial charge is 0.418 e. The first kappa shape index (κ1) is 21.5. The molecule has 3 aromatic heterocycles. The molecule has 0 radical (unpaired) electrons. The molecule has 3 aromatic rings. The Hall–Kier alpha value is -2.76. The van der Waals surface area contributed by atoms with Crippen LogP contribution in [0.5, 0.6) is 5.75 Å². The molecule has 2 atom stereocenters. The molecule has 0 saturated carbocycles. The van der Waals surface area contributed by atoms with E-state index in [-0.39, 0.29) is 17.3 Å². The van der Waals surface area contributed by atoms with Gasteiger partial charge in [-0.15, -0.1) is 11.3 Å². The van der Waals surface area contributed by atoms with Crippen LogP contribution in [0.3, 0.4) is 0 Å². The highest BCUT2D eigenvalue weighted by molar-refractivity contribution is 7.13. The molecule has 0 spiro atoms. The standard InChI is InChI=1S/C20H19F3N4O3S/c21-20(22,23)12-6-17(30-16-3-1-2-11-4-5-24-8-13(11)16)18(25-7-12)27-19-26-14(10-31-19)15(29)9-28/h4-8,10,15-16,28-29H,1-3,9H2,(H,25,26,27). The lowest BCUT2D eigenvalue weighted by Crippen LogP contribution is -2.17. The van der Waals surface area contributed by atoms with E-state index in [1.165, 1.54) is 5.38 Å². The van der Waals surface area contributed by atoms with E-state index in [2.05, 4.69) is 20.3 Å². The normalized spacial score (nSPS) is 17.1. The predicted octanol–water partition coefficient (Wildman–Crippen LogP) is 4.18. The number of anilines is 2. The minimum absolute atomic E-state index is 0.0593. The van der Waals surface area contributed by atoms with Gasteiger partial charge in [0.15, 0.2) is 16.7 Å². The third-order valence-corrected chi connectivity index (χ3v) is 5.69. The fourth-order valence-electron chi connectivity index (χ4n) is 3.34. The Labute approximate surface area is 179 Å². The summed E-state index contributed by atoms with van der Waals surface area (Å²) < 4.78 is 45.9. The zero-order valence-electron chi connectivity index (χ0n) is 16.1. The van der Waals surface area contributed by atoms with Gasteiger partial charge in [-0.25, -0.2) is 9.97 Å². The number of hydrogen-bond donors (Lipinski definition) is 3. The van der Waals surface area contributed by atoms with Gasteiger partial charge in [0.25, 0.3) is 0 Å². The van der Waals surface area contributed by atoms with Gasteiger partial charge in [-0.3, -0.25) is 4.98 Å².